The van der Waals surface area contributed by atoms with Crippen molar-refractivity contribution in [3.8, 4) is 29.4 Å². The molecule has 3 aliphatic rings. The second-order valence-corrected chi connectivity index (χ2v) is 8.60. The third-order valence-electron chi connectivity index (χ3n) is 6.60. The SMILES string of the molecule is COC1=CC(C)=C2[C@@H](Nc3ccc(O)c4c3C(=O)c3ccccc3C4=O)C#C/C=C\C#C[C@H]1[C@@H]2C=O. The molecule has 0 aromatic heterocycles. The molecular formula is C30H21NO5. The van der Waals surface area contributed by atoms with E-state index in [0.29, 0.717) is 17.0 Å². The molecule has 0 aliphatic heterocycles. The summed E-state index contributed by atoms with van der Waals surface area (Å²) in [6, 6.07) is 8.78. The molecule has 176 valence electrons. The number of aromatic hydroxyl groups is 1. The molecule has 3 aliphatic carbocycles. The second kappa shape index (κ2) is 9.09. The monoisotopic (exact) mass is 475 g/mol. The summed E-state index contributed by atoms with van der Waals surface area (Å²) < 4.78 is 5.52. The lowest BCUT2D eigenvalue weighted by Crippen LogP contribution is -2.34. The third-order valence-corrected chi connectivity index (χ3v) is 6.60. The van der Waals surface area contributed by atoms with Crippen LogP contribution in [0.3, 0.4) is 0 Å². The van der Waals surface area contributed by atoms with E-state index in [1.807, 2.05) is 13.0 Å². The first-order valence-corrected chi connectivity index (χ1v) is 11.4. The van der Waals surface area contributed by atoms with Gasteiger partial charge in [0.15, 0.2) is 11.6 Å². The summed E-state index contributed by atoms with van der Waals surface area (Å²) in [6.07, 6.45) is 5.90. The fourth-order valence-corrected chi connectivity index (χ4v) is 4.95. The van der Waals surface area contributed by atoms with Gasteiger partial charge in [0, 0.05) is 16.8 Å². The molecule has 2 aromatic carbocycles. The molecule has 2 bridgehead atoms. The minimum absolute atomic E-state index is 0.0528. The molecule has 0 heterocycles. The number of anilines is 1. The van der Waals surface area contributed by atoms with Gasteiger partial charge < -0.3 is 20.0 Å². The summed E-state index contributed by atoms with van der Waals surface area (Å²) in [5.74, 6) is 10.5. The normalized spacial score (nSPS) is 22.5. The van der Waals surface area contributed by atoms with Crippen LogP contribution in [0.1, 0.15) is 38.8 Å². The number of allylic oxidation sites excluding steroid dienone is 5. The highest BCUT2D eigenvalue weighted by molar-refractivity contribution is 6.31. The number of phenolic OH excluding ortho intramolecular Hbond substituents is 1. The lowest BCUT2D eigenvalue weighted by molar-refractivity contribution is -0.111. The number of fused-ring (bicyclic) bond motifs is 4. The number of ketones is 2. The topological polar surface area (TPSA) is 92.7 Å². The maximum atomic E-state index is 13.5. The van der Waals surface area contributed by atoms with Crippen molar-refractivity contribution < 1.29 is 24.2 Å². The number of rotatable bonds is 4. The lowest BCUT2D eigenvalue weighted by Gasteiger charge is -2.32. The highest BCUT2D eigenvalue weighted by Gasteiger charge is 2.38. The van der Waals surface area contributed by atoms with E-state index in [1.165, 1.54) is 6.07 Å². The Kier molecular flexibility index (Phi) is 5.80. The van der Waals surface area contributed by atoms with Crippen molar-refractivity contribution in [3.05, 3.63) is 93.8 Å². The molecule has 2 aromatic rings. The molecule has 0 fully saturated rings. The number of carbonyl (C=O) groups is 3. The average Bonchev–Trinajstić information content (AvgIpc) is 2.89. The van der Waals surface area contributed by atoms with Gasteiger partial charge in [0.2, 0.25) is 0 Å². The molecule has 3 atom stereocenters. The molecule has 6 heteroatoms. The predicted molar refractivity (Wildman–Crippen MR) is 134 cm³/mol. The largest absolute Gasteiger partial charge is 0.507 e. The maximum Gasteiger partial charge on any atom is 0.198 e. The quantitative estimate of drug-likeness (QED) is 0.339. The summed E-state index contributed by atoms with van der Waals surface area (Å²) in [7, 11) is 1.54. The van der Waals surface area contributed by atoms with Crippen LogP contribution >= 0.6 is 0 Å². The van der Waals surface area contributed by atoms with Crippen molar-refractivity contribution in [2.45, 2.75) is 13.0 Å². The van der Waals surface area contributed by atoms with Crippen LogP contribution in [0.25, 0.3) is 0 Å². The lowest BCUT2D eigenvalue weighted by atomic mass is 9.76. The molecule has 2 N–H and O–H groups in total. The summed E-state index contributed by atoms with van der Waals surface area (Å²) >= 11 is 0. The van der Waals surface area contributed by atoms with E-state index in [-0.39, 0.29) is 33.8 Å². The first-order chi connectivity index (χ1) is 17.5. The van der Waals surface area contributed by atoms with Crippen molar-refractivity contribution in [1.29, 1.82) is 0 Å². The van der Waals surface area contributed by atoms with E-state index in [1.54, 1.807) is 49.6 Å². The smallest absolute Gasteiger partial charge is 0.198 e. The van der Waals surface area contributed by atoms with Gasteiger partial charge >= 0.3 is 0 Å². The Balaban J connectivity index is 1.67. The minimum Gasteiger partial charge on any atom is -0.507 e. The Hall–Kier alpha value is -4.81. The van der Waals surface area contributed by atoms with Gasteiger partial charge in [-0.05, 0) is 48.4 Å². The number of benzene rings is 2. The average molecular weight is 476 g/mol. The number of ether oxygens (including phenoxy) is 1. The van der Waals surface area contributed by atoms with E-state index < -0.39 is 23.7 Å². The van der Waals surface area contributed by atoms with Gasteiger partial charge in [0.05, 0.1) is 30.1 Å². The number of aldehydes is 1. The summed E-state index contributed by atoms with van der Waals surface area (Å²) in [4.78, 5) is 39.1. The molecule has 6 nitrogen and oxygen atoms in total. The molecule has 0 amide bonds. The van der Waals surface area contributed by atoms with Crippen LogP contribution in [-0.4, -0.2) is 36.1 Å². The number of phenols is 1. The first kappa shape index (κ1) is 23.0. The van der Waals surface area contributed by atoms with E-state index in [0.717, 1.165) is 11.9 Å². The Bertz CT molecular complexity index is 1550. The van der Waals surface area contributed by atoms with E-state index >= 15 is 0 Å². The Morgan fingerprint density at radius 2 is 1.64 bits per heavy atom. The molecule has 5 rings (SSSR count). The molecule has 0 unspecified atom stereocenters. The van der Waals surface area contributed by atoms with E-state index in [4.69, 9.17) is 4.74 Å². The second-order valence-electron chi connectivity index (χ2n) is 8.60. The molecule has 0 spiro atoms. The number of methoxy groups -OCH3 is 1. The van der Waals surface area contributed by atoms with Gasteiger partial charge in [-0.2, -0.15) is 0 Å². The van der Waals surface area contributed by atoms with Gasteiger partial charge in [0.1, 0.15) is 23.8 Å². The maximum absolute atomic E-state index is 13.5. The van der Waals surface area contributed by atoms with Crippen molar-refractivity contribution in [2.75, 3.05) is 12.4 Å². The van der Waals surface area contributed by atoms with Crippen molar-refractivity contribution in [2.24, 2.45) is 11.8 Å². The third kappa shape index (κ3) is 3.61. The van der Waals surface area contributed by atoms with Crippen molar-refractivity contribution >= 4 is 23.5 Å². The molecular weight excluding hydrogens is 454 g/mol. The van der Waals surface area contributed by atoms with Gasteiger partial charge in [-0.25, -0.2) is 0 Å². The number of carbonyl (C=O) groups excluding carboxylic acids is 3. The van der Waals surface area contributed by atoms with Crippen LogP contribution < -0.4 is 5.32 Å². The predicted octanol–water partition coefficient (Wildman–Crippen LogP) is 3.82. The van der Waals surface area contributed by atoms with Crippen LogP contribution in [0.2, 0.25) is 0 Å². The van der Waals surface area contributed by atoms with Crippen LogP contribution in [0.4, 0.5) is 5.69 Å². The molecule has 0 radical (unpaired) electrons. The van der Waals surface area contributed by atoms with Crippen LogP contribution in [0, 0.1) is 35.5 Å². The summed E-state index contributed by atoms with van der Waals surface area (Å²) in [6.45, 7) is 1.86. The van der Waals surface area contributed by atoms with Gasteiger partial charge in [-0.15, -0.1) is 0 Å². The zero-order chi connectivity index (χ0) is 25.4. The minimum atomic E-state index is -0.685. The standard InChI is InChI=1S/C30H21NO5/c1-17-15-25(36-2)18-9-5-3-4-6-12-22(26(17)21(18)16-32)31-23-13-14-24(33)28-27(23)29(34)19-10-7-8-11-20(19)30(28)35/h3-4,7-8,10-11,13-16,18,21-22,31,33H,1-2H3/b4-3-/t18-,21-,22-/m0/s1. The van der Waals surface area contributed by atoms with Crippen molar-refractivity contribution in [3.63, 3.8) is 0 Å². The fraction of sp³-hybridized carbons (Fsp3) is 0.167. The zero-order valence-electron chi connectivity index (χ0n) is 19.6. The Morgan fingerprint density at radius 3 is 2.31 bits per heavy atom. The van der Waals surface area contributed by atoms with Crippen LogP contribution in [0.5, 0.6) is 5.75 Å². The van der Waals surface area contributed by atoms with E-state index in [9.17, 15) is 19.5 Å². The Morgan fingerprint density at radius 1 is 0.972 bits per heavy atom. The highest BCUT2D eigenvalue weighted by Crippen LogP contribution is 2.40. The van der Waals surface area contributed by atoms with E-state index in [2.05, 4.69) is 29.0 Å². The Labute approximate surface area is 208 Å². The fourth-order valence-electron chi connectivity index (χ4n) is 4.95. The summed E-state index contributed by atoms with van der Waals surface area (Å²) in [5, 5.41) is 13.8. The first-order valence-electron chi connectivity index (χ1n) is 11.4. The molecule has 36 heavy (non-hydrogen) atoms. The summed E-state index contributed by atoms with van der Waals surface area (Å²) in [5.41, 5.74) is 2.37. The van der Waals surface area contributed by atoms with Crippen LogP contribution in [-0.2, 0) is 9.53 Å². The van der Waals surface area contributed by atoms with Crippen LogP contribution in [0.15, 0.2) is 71.5 Å². The number of nitrogens with one attached hydrogen (secondary N) is 1. The van der Waals surface area contributed by atoms with Gasteiger partial charge in [-0.1, -0.05) is 47.9 Å². The van der Waals surface area contributed by atoms with Gasteiger partial charge in [-0.3, -0.25) is 9.59 Å². The number of hydrogen-bond donors (Lipinski definition) is 2. The molecule has 0 saturated heterocycles. The molecule has 0 saturated carbocycles. The number of hydrogen-bond acceptors (Lipinski definition) is 6. The highest BCUT2D eigenvalue weighted by atomic mass is 16.5. The van der Waals surface area contributed by atoms with Gasteiger partial charge in [0.25, 0.3) is 0 Å². The van der Waals surface area contributed by atoms with Crippen molar-refractivity contribution in [1.82, 2.24) is 0 Å². The zero-order valence-corrected chi connectivity index (χ0v) is 19.6.